The fraction of sp³-hybridized carbons (Fsp3) is 0.600. The lowest BCUT2D eigenvalue weighted by Gasteiger charge is -1.99. The number of hydrogen-bond acceptors (Lipinski definition) is 4. The summed E-state index contributed by atoms with van der Waals surface area (Å²) in [4.78, 5) is 11.5. The van der Waals surface area contributed by atoms with Crippen molar-refractivity contribution < 1.29 is 9.53 Å². The third-order valence-corrected chi connectivity index (χ3v) is 1.90. The van der Waals surface area contributed by atoms with Crippen molar-refractivity contribution in [1.82, 2.24) is 9.78 Å². The molecule has 1 aromatic heterocycles. The minimum atomic E-state index is -0.0502. The van der Waals surface area contributed by atoms with Crippen molar-refractivity contribution in [2.45, 2.75) is 19.9 Å². The number of aryl methyl sites for hydroxylation is 1. The Morgan fingerprint density at radius 1 is 1.67 bits per heavy atom. The van der Waals surface area contributed by atoms with Crippen molar-refractivity contribution >= 4 is 5.78 Å². The fourth-order valence-electron chi connectivity index (χ4n) is 1.19. The van der Waals surface area contributed by atoms with E-state index in [-0.39, 0.29) is 12.4 Å². The van der Waals surface area contributed by atoms with Gasteiger partial charge >= 0.3 is 0 Å². The molecule has 0 atom stereocenters. The van der Waals surface area contributed by atoms with Crippen LogP contribution in [0.4, 0.5) is 0 Å². The lowest BCUT2D eigenvalue weighted by molar-refractivity contribution is 0.0774. The molecule has 1 rings (SSSR count). The van der Waals surface area contributed by atoms with Crippen molar-refractivity contribution in [2.24, 2.45) is 5.73 Å². The number of carbonyl (C=O) groups excluding carboxylic acids is 1. The Bertz CT molecular complexity index is 309. The highest BCUT2D eigenvalue weighted by Crippen LogP contribution is 2.00. The number of aromatic nitrogens is 2. The van der Waals surface area contributed by atoms with E-state index in [0.717, 1.165) is 13.0 Å². The largest absolute Gasteiger partial charge is 0.372 e. The van der Waals surface area contributed by atoms with E-state index in [4.69, 9.17) is 10.5 Å². The summed E-state index contributed by atoms with van der Waals surface area (Å²) in [6.45, 7) is 3.82. The highest BCUT2D eigenvalue weighted by molar-refractivity contribution is 5.96. The zero-order valence-corrected chi connectivity index (χ0v) is 8.98. The molecule has 0 amide bonds. The van der Waals surface area contributed by atoms with Crippen LogP contribution in [0.25, 0.3) is 0 Å². The number of ether oxygens (including phenoxy) is 1. The second-order valence-corrected chi connectivity index (χ2v) is 3.26. The molecule has 5 nitrogen and oxygen atoms in total. The zero-order chi connectivity index (χ0) is 11.1. The average molecular weight is 211 g/mol. The first-order valence-electron chi connectivity index (χ1n) is 5.11. The van der Waals surface area contributed by atoms with Crippen LogP contribution in [0.2, 0.25) is 0 Å². The summed E-state index contributed by atoms with van der Waals surface area (Å²) in [6, 6.07) is 0. The van der Waals surface area contributed by atoms with Gasteiger partial charge < -0.3 is 10.5 Å². The minimum absolute atomic E-state index is 0.0502. The molecule has 0 fully saturated rings. The van der Waals surface area contributed by atoms with E-state index in [1.165, 1.54) is 0 Å². The summed E-state index contributed by atoms with van der Waals surface area (Å²) in [7, 11) is 0. The monoisotopic (exact) mass is 211 g/mol. The molecule has 0 saturated heterocycles. The molecule has 15 heavy (non-hydrogen) atoms. The molecule has 5 heteroatoms. The molecular weight excluding hydrogens is 194 g/mol. The van der Waals surface area contributed by atoms with Gasteiger partial charge in [0.1, 0.15) is 6.61 Å². The van der Waals surface area contributed by atoms with Gasteiger partial charge in [-0.3, -0.25) is 9.48 Å². The van der Waals surface area contributed by atoms with Crippen molar-refractivity contribution in [3.05, 3.63) is 18.0 Å². The van der Waals surface area contributed by atoms with Crippen LogP contribution >= 0.6 is 0 Å². The molecule has 0 aliphatic heterocycles. The maximum atomic E-state index is 11.5. The maximum absolute atomic E-state index is 11.5. The molecule has 0 bridgehead atoms. The van der Waals surface area contributed by atoms with Crippen LogP contribution in [-0.4, -0.2) is 35.3 Å². The average Bonchev–Trinajstić information content (AvgIpc) is 2.67. The molecule has 0 aliphatic carbocycles. The predicted molar refractivity (Wildman–Crippen MR) is 56.7 cm³/mol. The Balaban J connectivity index is 2.43. The summed E-state index contributed by atoms with van der Waals surface area (Å²) < 4.78 is 6.82. The summed E-state index contributed by atoms with van der Waals surface area (Å²) in [6.07, 6.45) is 4.32. The molecule has 0 radical (unpaired) electrons. The van der Waals surface area contributed by atoms with Crippen LogP contribution < -0.4 is 5.73 Å². The third-order valence-electron chi connectivity index (χ3n) is 1.90. The molecule has 0 saturated carbocycles. The van der Waals surface area contributed by atoms with Gasteiger partial charge in [-0.15, -0.1) is 0 Å². The summed E-state index contributed by atoms with van der Waals surface area (Å²) >= 11 is 0. The van der Waals surface area contributed by atoms with Crippen molar-refractivity contribution in [3.8, 4) is 0 Å². The van der Waals surface area contributed by atoms with E-state index in [1.807, 2.05) is 0 Å². The lowest BCUT2D eigenvalue weighted by Crippen LogP contribution is -2.14. The smallest absolute Gasteiger partial charge is 0.191 e. The highest BCUT2D eigenvalue weighted by Gasteiger charge is 2.08. The number of rotatable bonds is 7. The van der Waals surface area contributed by atoms with E-state index < -0.39 is 0 Å². The minimum Gasteiger partial charge on any atom is -0.372 e. The number of carbonyl (C=O) groups is 1. The quantitative estimate of drug-likeness (QED) is 0.525. The third kappa shape index (κ3) is 3.81. The van der Waals surface area contributed by atoms with Gasteiger partial charge in [0.25, 0.3) is 0 Å². The molecular formula is C10H17N3O2. The summed E-state index contributed by atoms with van der Waals surface area (Å²) in [5.41, 5.74) is 5.84. The molecule has 1 aromatic rings. The molecule has 2 N–H and O–H groups in total. The fourth-order valence-corrected chi connectivity index (χ4v) is 1.19. The van der Waals surface area contributed by atoms with E-state index in [0.29, 0.717) is 18.7 Å². The van der Waals surface area contributed by atoms with Gasteiger partial charge in [-0.2, -0.15) is 5.10 Å². The van der Waals surface area contributed by atoms with Crippen molar-refractivity contribution in [3.63, 3.8) is 0 Å². The first-order chi connectivity index (χ1) is 7.27. The van der Waals surface area contributed by atoms with Gasteiger partial charge in [-0.05, 0) is 6.42 Å². The molecule has 0 aromatic carbocycles. The summed E-state index contributed by atoms with van der Waals surface area (Å²) in [5.74, 6) is -0.0502. The van der Waals surface area contributed by atoms with E-state index in [1.54, 1.807) is 17.1 Å². The SMILES string of the molecule is CCCn1cc(C(=O)COCCN)cn1. The van der Waals surface area contributed by atoms with E-state index >= 15 is 0 Å². The van der Waals surface area contributed by atoms with Gasteiger partial charge in [0, 0.05) is 19.3 Å². The maximum Gasteiger partial charge on any atom is 0.191 e. The zero-order valence-electron chi connectivity index (χ0n) is 8.98. The van der Waals surface area contributed by atoms with Crippen LogP contribution in [0.1, 0.15) is 23.7 Å². The van der Waals surface area contributed by atoms with Crippen LogP contribution in [0.15, 0.2) is 12.4 Å². The van der Waals surface area contributed by atoms with Crippen molar-refractivity contribution in [1.29, 1.82) is 0 Å². The normalized spacial score (nSPS) is 10.5. The Labute approximate surface area is 89.2 Å². The van der Waals surface area contributed by atoms with Crippen LogP contribution in [0, 0.1) is 0 Å². The Morgan fingerprint density at radius 3 is 3.13 bits per heavy atom. The van der Waals surface area contributed by atoms with Gasteiger partial charge in [0.15, 0.2) is 5.78 Å². The highest BCUT2D eigenvalue weighted by atomic mass is 16.5. The van der Waals surface area contributed by atoms with Gasteiger partial charge in [-0.25, -0.2) is 0 Å². The topological polar surface area (TPSA) is 70.1 Å². The lowest BCUT2D eigenvalue weighted by atomic mass is 10.2. The first kappa shape index (κ1) is 11.9. The van der Waals surface area contributed by atoms with Crippen LogP contribution in [0.3, 0.4) is 0 Å². The standard InChI is InChI=1S/C10H17N3O2/c1-2-4-13-7-9(6-12-13)10(14)8-15-5-3-11/h6-7H,2-5,8,11H2,1H3. The Kier molecular flexibility index (Phi) is 5.00. The number of ketones is 1. The van der Waals surface area contributed by atoms with Crippen LogP contribution in [-0.2, 0) is 11.3 Å². The first-order valence-corrected chi connectivity index (χ1v) is 5.11. The predicted octanol–water partition coefficient (Wildman–Crippen LogP) is 0.451. The number of nitrogens with two attached hydrogens (primary N) is 1. The van der Waals surface area contributed by atoms with E-state index in [9.17, 15) is 4.79 Å². The molecule has 0 unspecified atom stereocenters. The molecule has 0 aliphatic rings. The van der Waals surface area contributed by atoms with E-state index in [2.05, 4.69) is 12.0 Å². The Hall–Kier alpha value is -1.20. The second-order valence-electron chi connectivity index (χ2n) is 3.26. The molecule has 84 valence electrons. The summed E-state index contributed by atoms with van der Waals surface area (Å²) in [5, 5.41) is 4.07. The van der Waals surface area contributed by atoms with Gasteiger partial charge in [0.05, 0.1) is 18.4 Å². The van der Waals surface area contributed by atoms with Crippen LogP contribution in [0.5, 0.6) is 0 Å². The second kappa shape index (κ2) is 6.31. The van der Waals surface area contributed by atoms with Gasteiger partial charge in [-0.1, -0.05) is 6.92 Å². The van der Waals surface area contributed by atoms with Gasteiger partial charge in [0.2, 0.25) is 0 Å². The number of nitrogens with zero attached hydrogens (tertiary/aromatic N) is 2. The number of Topliss-reactive ketones (excluding diaryl/α,β-unsaturated/α-hetero) is 1. The van der Waals surface area contributed by atoms with Crippen molar-refractivity contribution in [2.75, 3.05) is 19.8 Å². The Morgan fingerprint density at radius 2 is 2.47 bits per heavy atom. The number of hydrogen-bond donors (Lipinski definition) is 1. The molecule has 0 spiro atoms. The molecule has 1 heterocycles.